The number of anilines is 1. The third kappa shape index (κ3) is 3.75. The molecule has 2 aromatic heterocycles. The lowest BCUT2D eigenvalue weighted by Gasteiger charge is -2.29. The summed E-state index contributed by atoms with van der Waals surface area (Å²) in [6, 6.07) is 6.40. The Morgan fingerprint density at radius 3 is 2.53 bits per heavy atom. The number of nitrogens with zero attached hydrogens (tertiary/aromatic N) is 6. The molecular formula is C24H26ClFN8O2. The summed E-state index contributed by atoms with van der Waals surface area (Å²) in [6.07, 6.45) is 1.64. The number of hydrogen-bond donors (Lipinski definition) is 2. The molecule has 12 heteroatoms. The molecule has 0 spiro atoms. The van der Waals surface area contributed by atoms with Gasteiger partial charge in [-0.15, -0.1) is 0 Å². The highest BCUT2D eigenvalue weighted by Gasteiger charge is 2.47. The zero-order valence-electron chi connectivity index (χ0n) is 20.5. The fourth-order valence-corrected chi connectivity index (χ4v) is 4.67. The van der Waals surface area contributed by atoms with E-state index in [1.807, 2.05) is 44.6 Å². The first-order chi connectivity index (χ1) is 17.2. The number of rotatable bonds is 6. The van der Waals surface area contributed by atoms with Gasteiger partial charge in [0.15, 0.2) is 17.3 Å². The number of carbonyl (C=O) groups is 1. The maximum atomic E-state index is 14.8. The SMILES string of the molecule is COc1nc(N(C)C)ncc1-c1nc2c(n1C(C)C)C(c1ccc(Cl)cc1)N(C1=C(F)CNN1)C2=O. The minimum Gasteiger partial charge on any atom is -0.480 e. The summed E-state index contributed by atoms with van der Waals surface area (Å²) in [4.78, 5) is 30.7. The van der Waals surface area contributed by atoms with Crippen LogP contribution in [0.1, 0.15) is 47.7 Å². The van der Waals surface area contributed by atoms with Gasteiger partial charge in [-0.3, -0.25) is 9.69 Å². The molecule has 2 aliphatic heterocycles. The summed E-state index contributed by atoms with van der Waals surface area (Å²) in [5.74, 6) is 0.508. The molecule has 1 aromatic carbocycles. The normalized spacial score (nSPS) is 17.2. The van der Waals surface area contributed by atoms with Crippen molar-refractivity contribution in [2.24, 2.45) is 0 Å². The zero-order chi connectivity index (χ0) is 25.7. The molecule has 36 heavy (non-hydrogen) atoms. The van der Waals surface area contributed by atoms with E-state index in [0.717, 1.165) is 5.56 Å². The quantitative estimate of drug-likeness (QED) is 0.518. The minimum atomic E-state index is -0.644. The number of halogens is 2. The maximum Gasteiger partial charge on any atom is 0.280 e. The maximum absolute atomic E-state index is 14.8. The summed E-state index contributed by atoms with van der Waals surface area (Å²) in [7, 11) is 5.20. The molecule has 5 rings (SSSR count). The van der Waals surface area contributed by atoms with Gasteiger partial charge in [0, 0.05) is 31.4 Å². The Bertz CT molecular complexity index is 1370. The number of amides is 1. The van der Waals surface area contributed by atoms with Crippen LogP contribution >= 0.6 is 11.6 Å². The van der Waals surface area contributed by atoms with Crippen LogP contribution in [0.25, 0.3) is 11.4 Å². The lowest BCUT2D eigenvalue weighted by Crippen LogP contribution is -2.37. The van der Waals surface area contributed by atoms with Crippen molar-refractivity contribution in [3.8, 4) is 17.3 Å². The Morgan fingerprint density at radius 2 is 1.94 bits per heavy atom. The van der Waals surface area contributed by atoms with Gasteiger partial charge in [0.1, 0.15) is 11.9 Å². The number of fused-ring (bicyclic) bond motifs is 1. The van der Waals surface area contributed by atoms with Crippen molar-refractivity contribution in [3.63, 3.8) is 0 Å². The van der Waals surface area contributed by atoms with E-state index in [4.69, 9.17) is 21.3 Å². The third-order valence-electron chi connectivity index (χ3n) is 6.11. The summed E-state index contributed by atoms with van der Waals surface area (Å²) in [6.45, 7) is 3.97. The predicted molar refractivity (Wildman–Crippen MR) is 133 cm³/mol. The molecule has 0 bridgehead atoms. The van der Waals surface area contributed by atoms with Crippen LogP contribution in [0.5, 0.6) is 5.88 Å². The van der Waals surface area contributed by atoms with Crippen LogP contribution in [0.2, 0.25) is 5.02 Å². The molecule has 3 aromatic rings. The largest absolute Gasteiger partial charge is 0.480 e. The lowest BCUT2D eigenvalue weighted by atomic mass is 10.0. The first-order valence-corrected chi connectivity index (χ1v) is 11.8. The molecule has 0 radical (unpaired) electrons. The first-order valence-electron chi connectivity index (χ1n) is 11.4. The molecule has 1 unspecified atom stereocenters. The highest BCUT2D eigenvalue weighted by atomic mass is 35.5. The average molecular weight is 513 g/mol. The minimum absolute atomic E-state index is 0.0215. The van der Waals surface area contributed by atoms with Crippen molar-refractivity contribution < 1.29 is 13.9 Å². The van der Waals surface area contributed by atoms with Gasteiger partial charge in [0.25, 0.3) is 5.91 Å². The van der Waals surface area contributed by atoms with Gasteiger partial charge in [-0.05, 0) is 31.5 Å². The standard InChI is InChI=1S/C24H26ClFN8O2/c1-12(2)33-19-17(29-20(33)15-10-27-24(32(3)4)30-22(15)36-5)23(35)34(21-16(26)11-28-31-21)18(19)13-6-8-14(25)9-7-13/h6-10,12,18,28,31H,11H2,1-5H3. The van der Waals surface area contributed by atoms with Crippen molar-refractivity contribution >= 4 is 23.5 Å². The highest BCUT2D eigenvalue weighted by Crippen LogP contribution is 2.45. The van der Waals surface area contributed by atoms with Crippen molar-refractivity contribution in [1.29, 1.82) is 0 Å². The zero-order valence-corrected chi connectivity index (χ0v) is 21.3. The third-order valence-corrected chi connectivity index (χ3v) is 6.36. The number of nitrogens with one attached hydrogen (secondary N) is 2. The number of methoxy groups -OCH3 is 1. The molecule has 1 atom stereocenters. The predicted octanol–water partition coefficient (Wildman–Crippen LogP) is 3.44. The molecule has 2 aliphatic rings. The number of benzene rings is 1. The van der Waals surface area contributed by atoms with E-state index in [-0.39, 0.29) is 24.1 Å². The molecule has 0 saturated carbocycles. The Balaban J connectivity index is 1.75. The molecule has 188 valence electrons. The van der Waals surface area contributed by atoms with Gasteiger partial charge in [-0.25, -0.2) is 19.8 Å². The number of hydrazine groups is 1. The molecule has 2 N–H and O–H groups in total. The molecule has 4 heterocycles. The lowest BCUT2D eigenvalue weighted by molar-refractivity contribution is 0.0783. The molecule has 0 fully saturated rings. The van der Waals surface area contributed by atoms with Crippen LogP contribution in [0, 0.1) is 0 Å². The second-order valence-corrected chi connectivity index (χ2v) is 9.42. The van der Waals surface area contributed by atoms with Crippen LogP contribution in [-0.4, -0.2) is 58.1 Å². The van der Waals surface area contributed by atoms with Crippen LogP contribution in [0.3, 0.4) is 0 Å². The number of hydrogen-bond acceptors (Lipinski definition) is 8. The fourth-order valence-electron chi connectivity index (χ4n) is 4.54. The van der Waals surface area contributed by atoms with E-state index in [0.29, 0.717) is 33.9 Å². The van der Waals surface area contributed by atoms with E-state index in [1.54, 1.807) is 23.2 Å². The van der Waals surface area contributed by atoms with E-state index >= 15 is 0 Å². The topological polar surface area (TPSA) is 100 Å². The average Bonchev–Trinajstić information content (AvgIpc) is 3.52. The van der Waals surface area contributed by atoms with Crippen molar-refractivity contribution in [1.82, 2.24) is 35.3 Å². The number of aromatic nitrogens is 4. The van der Waals surface area contributed by atoms with Crippen LogP contribution in [0.4, 0.5) is 10.3 Å². The first kappa shape index (κ1) is 24.0. The van der Waals surface area contributed by atoms with Gasteiger partial charge in [-0.2, -0.15) is 4.98 Å². The van der Waals surface area contributed by atoms with Crippen molar-refractivity contribution in [3.05, 3.63) is 64.1 Å². The van der Waals surface area contributed by atoms with Gasteiger partial charge >= 0.3 is 0 Å². The Labute approximate surface area is 212 Å². The van der Waals surface area contributed by atoms with Gasteiger partial charge in [0.05, 0.1) is 24.9 Å². The Hall–Kier alpha value is -3.70. The second kappa shape index (κ2) is 9.07. The molecule has 0 aliphatic carbocycles. The Kier molecular flexibility index (Phi) is 6.05. The van der Waals surface area contributed by atoms with Crippen molar-refractivity contribution in [2.45, 2.75) is 25.9 Å². The monoisotopic (exact) mass is 512 g/mol. The summed E-state index contributed by atoms with van der Waals surface area (Å²) < 4.78 is 22.3. The smallest absolute Gasteiger partial charge is 0.280 e. The van der Waals surface area contributed by atoms with E-state index in [2.05, 4.69) is 20.8 Å². The number of ether oxygens (including phenoxy) is 1. The summed E-state index contributed by atoms with van der Waals surface area (Å²) in [5.41, 5.74) is 7.72. The summed E-state index contributed by atoms with van der Waals surface area (Å²) >= 11 is 6.15. The van der Waals surface area contributed by atoms with Crippen molar-refractivity contribution in [2.75, 3.05) is 32.6 Å². The second-order valence-electron chi connectivity index (χ2n) is 8.98. The van der Waals surface area contributed by atoms with Gasteiger partial charge < -0.3 is 19.6 Å². The molecule has 1 amide bonds. The van der Waals surface area contributed by atoms with Crippen LogP contribution < -0.4 is 20.5 Å². The van der Waals surface area contributed by atoms with Crippen LogP contribution in [-0.2, 0) is 0 Å². The summed E-state index contributed by atoms with van der Waals surface area (Å²) in [5, 5.41) is 0.557. The van der Waals surface area contributed by atoms with Crippen LogP contribution in [0.15, 0.2) is 42.1 Å². The fraction of sp³-hybridized carbons (Fsp3) is 0.333. The van der Waals surface area contributed by atoms with Gasteiger partial charge in [0.2, 0.25) is 11.8 Å². The number of imidazole rings is 1. The Morgan fingerprint density at radius 1 is 1.22 bits per heavy atom. The molecule has 10 nitrogen and oxygen atoms in total. The van der Waals surface area contributed by atoms with E-state index in [9.17, 15) is 9.18 Å². The highest BCUT2D eigenvalue weighted by molar-refractivity contribution is 6.30. The van der Waals surface area contributed by atoms with E-state index < -0.39 is 17.8 Å². The molecule has 0 saturated heterocycles. The molecular weight excluding hydrogens is 487 g/mol. The number of carbonyl (C=O) groups excluding carboxylic acids is 1. The van der Waals surface area contributed by atoms with Gasteiger partial charge in [-0.1, -0.05) is 23.7 Å². The van der Waals surface area contributed by atoms with E-state index in [1.165, 1.54) is 12.0 Å².